The van der Waals surface area contributed by atoms with Crippen molar-refractivity contribution in [2.75, 3.05) is 13.2 Å². The van der Waals surface area contributed by atoms with Crippen molar-refractivity contribution in [1.82, 2.24) is 9.55 Å². The largest absolute Gasteiger partial charge is 0.377 e. The van der Waals surface area contributed by atoms with Crippen molar-refractivity contribution in [3.8, 4) is 0 Å². The van der Waals surface area contributed by atoms with Gasteiger partial charge in [-0.1, -0.05) is 0 Å². The molecule has 0 unspecified atom stereocenters. The molecule has 5 N–H and O–H groups in total. The number of hydrogen-bond donors (Lipinski definition) is 5. The van der Waals surface area contributed by atoms with Gasteiger partial charge in [0, 0.05) is 25.5 Å². The van der Waals surface area contributed by atoms with E-state index in [-0.39, 0.29) is 6.61 Å². The highest BCUT2D eigenvalue weighted by atomic mass is 31.2. The van der Waals surface area contributed by atoms with Crippen LogP contribution in [-0.4, -0.2) is 52.5 Å². The third-order valence-electron chi connectivity index (χ3n) is 2.49. The minimum absolute atomic E-state index is 0.0412. The van der Waals surface area contributed by atoms with Gasteiger partial charge in [0.25, 0.3) is 5.08 Å². The molecule has 0 spiro atoms. The number of aromatic nitrogens is 2. The molecule has 20 heavy (non-hydrogen) atoms. The molecule has 0 fully saturated rings. The van der Waals surface area contributed by atoms with Gasteiger partial charge in [-0.15, -0.1) is 0 Å². The van der Waals surface area contributed by atoms with E-state index in [2.05, 4.69) is 4.98 Å². The van der Waals surface area contributed by atoms with Gasteiger partial charge in [0.1, 0.15) is 0 Å². The lowest BCUT2D eigenvalue weighted by molar-refractivity contribution is 0.0234. The van der Waals surface area contributed by atoms with Gasteiger partial charge in [-0.2, -0.15) is 0 Å². The summed E-state index contributed by atoms with van der Waals surface area (Å²) in [6, 6.07) is 0. The van der Waals surface area contributed by atoms with Crippen LogP contribution in [0.2, 0.25) is 0 Å². The first-order chi connectivity index (χ1) is 9.08. The Kier molecular flexibility index (Phi) is 5.65. The maximum atomic E-state index is 11.0. The van der Waals surface area contributed by atoms with Crippen LogP contribution in [0.3, 0.4) is 0 Å². The lowest BCUT2D eigenvalue weighted by atomic mass is 10.4. The molecule has 1 rings (SSSR count). The summed E-state index contributed by atoms with van der Waals surface area (Å²) < 4.78 is 28.5. The number of imidazole rings is 1. The van der Waals surface area contributed by atoms with E-state index >= 15 is 0 Å². The molecule has 0 aromatic carbocycles. The molecule has 1 aromatic heterocycles. The molecule has 0 saturated heterocycles. The van der Waals surface area contributed by atoms with Gasteiger partial charge in [0.05, 0.1) is 12.9 Å². The van der Waals surface area contributed by atoms with Crippen LogP contribution >= 0.6 is 15.2 Å². The Hall–Kier alpha value is -0.570. The standard InChI is InChI=1S/C8H16N2O8P2/c11-8(19(12,13)14,20(15,16)17)6-18-5-1-3-10-4-2-9-7-10/h2,4,7,11H,1,3,5-6H2,(H2,12,13,14)(H2,15,16,17). The van der Waals surface area contributed by atoms with Crippen molar-refractivity contribution < 1.29 is 38.5 Å². The van der Waals surface area contributed by atoms with Crippen LogP contribution in [0.1, 0.15) is 6.42 Å². The molecule has 1 heterocycles. The minimum Gasteiger partial charge on any atom is -0.377 e. The predicted octanol–water partition coefficient (Wildman–Crippen LogP) is -0.709. The average Bonchev–Trinajstić information content (AvgIpc) is 2.78. The number of nitrogens with zero attached hydrogens (tertiary/aromatic N) is 2. The first-order valence-electron chi connectivity index (χ1n) is 5.45. The van der Waals surface area contributed by atoms with E-state index in [1.165, 1.54) is 0 Å². The van der Waals surface area contributed by atoms with Crippen LogP contribution in [0.25, 0.3) is 0 Å². The van der Waals surface area contributed by atoms with E-state index < -0.39 is 26.9 Å². The van der Waals surface area contributed by atoms with Gasteiger partial charge in [-0.05, 0) is 6.42 Å². The van der Waals surface area contributed by atoms with Crippen LogP contribution in [0.15, 0.2) is 18.7 Å². The Morgan fingerprint density at radius 2 is 1.80 bits per heavy atom. The van der Waals surface area contributed by atoms with Crippen LogP contribution in [-0.2, 0) is 20.4 Å². The summed E-state index contributed by atoms with van der Waals surface area (Å²) >= 11 is 0. The van der Waals surface area contributed by atoms with Crippen LogP contribution < -0.4 is 0 Å². The maximum Gasteiger partial charge on any atom is 0.371 e. The lowest BCUT2D eigenvalue weighted by Crippen LogP contribution is -2.34. The zero-order chi connectivity index (χ0) is 15.4. The maximum absolute atomic E-state index is 11.0. The molecule has 0 saturated carbocycles. The Labute approximate surface area is 114 Å². The van der Waals surface area contributed by atoms with Gasteiger partial charge in [-0.25, -0.2) is 4.98 Å². The van der Waals surface area contributed by atoms with Crippen molar-refractivity contribution in [2.24, 2.45) is 0 Å². The number of rotatable bonds is 8. The Bertz CT molecular complexity index is 485. The minimum atomic E-state index is -5.45. The van der Waals surface area contributed by atoms with Crippen molar-refractivity contribution >= 4 is 15.2 Å². The highest BCUT2D eigenvalue weighted by Crippen LogP contribution is 2.67. The van der Waals surface area contributed by atoms with E-state index in [9.17, 15) is 14.2 Å². The number of ether oxygens (including phenoxy) is 1. The molecule has 0 aliphatic carbocycles. The van der Waals surface area contributed by atoms with Gasteiger partial charge in [0.2, 0.25) is 0 Å². The third kappa shape index (κ3) is 4.21. The van der Waals surface area contributed by atoms with Crippen LogP contribution in [0.5, 0.6) is 0 Å². The molecule has 116 valence electrons. The fourth-order valence-electron chi connectivity index (χ4n) is 1.32. The van der Waals surface area contributed by atoms with E-state index in [0.717, 1.165) is 0 Å². The predicted molar refractivity (Wildman–Crippen MR) is 66.7 cm³/mol. The molecule has 0 amide bonds. The normalized spacial score (nSPS) is 13.7. The number of hydrogen-bond acceptors (Lipinski definition) is 5. The summed E-state index contributed by atoms with van der Waals surface area (Å²) in [5.74, 6) is 0. The summed E-state index contributed by atoms with van der Waals surface area (Å²) in [7, 11) is -10.9. The fraction of sp³-hybridized carbons (Fsp3) is 0.625. The van der Waals surface area contributed by atoms with Gasteiger partial charge in [0.15, 0.2) is 0 Å². The van der Waals surface area contributed by atoms with E-state index in [0.29, 0.717) is 13.0 Å². The topological polar surface area (TPSA) is 162 Å². The highest BCUT2D eigenvalue weighted by molar-refractivity contribution is 7.72. The number of aliphatic hydroxyl groups is 1. The monoisotopic (exact) mass is 330 g/mol. The third-order valence-corrected chi connectivity index (χ3v) is 6.18. The van der Waals surface area contributed by atoms with Gasteiger partial charge in [-0.3, -0.25) is 9.13 Å². The second-order valence-electron chi connectivity index (χ2n) is 4.07. The molecular weight excluding hydrogens is 314 g/mol. The van der Waals surface area contributed by atoms with E-state index in [1.54, 1.807) is 23.3 Å². The van der Waals surface area contributed by atoms with Gasteiger partial charge >= 0.3 is 15.2 Å². The summed E-state index contributed by atoms with van der Waals surface area (Å²) in [6.45, 7) is -0.698. The fourth-order valence-corrected chi connectivity index (χ4v) is 3.19. The second-order valence-corrected chi connectivity index (χ2v) is 8.08. The first-order valence-corrected chi connectivity index (χ1v) is 8.67. The molecule has 10 nitrogen and oxygen atoms in total. The van der Waals surface area contributed by atoms with Crippen molar-refractivity contribution in [2.45, 2.75) is 18.0 Å². The SMILES string of the molecule is O=P(O)(O)C(O)(COCCCn1ccnc1)P(=O)(O)O. The van der Waals surface area contributed by atoms with Gasteiger partial charge < -0.3 is 34.0 Å². The first kappa shape index (κ1) is 17.5. The second kappa shape index (κ2) is 6.46. The molecule has 0 atom stereocenters. The van der Waals surface area contributed by atoms with Crippen LogP contribution in [0, 0.1) is 0 Å². The Morgan fingerprint density at radius 3 is 2.25 bits per heavy atom. The molecule has 0 aliphatic heterocycles. The molecule has 1 aromatic rings. The summed E-state index contributed by atoms with van der Waals surface area (Å²) in [6.07, 6.45) is 5.24. The summed E-state index contributed by atoms with van der Waals surface area (Å²) in [4.78, 5) is 39.2. The highest BCUT2D eigenvalue weighted by Gasteiger charge is 2.59. The lowest BCUT2D eigenvalue weighted by Gasteiger charge is -2.28. The smallest absolute Gasteiger partial charge is 0.371 e. The summed E-state index contributed by atoms with van der Waals surface area (Å²) in [5, 5.41) is 5.98. The quantitative estimate of drug-likeness (QED) is 0.306. The molecule has 0 bridgehead atoms. The summed E-state index contributed by atoms with van der Waals surface area (Å²) in [5.41, 5.74) is 0. The molecular formula is C8H16N2O8P2. The van der Waals surface area contributed by atoms with Crippen molar-refractivity contribution in [1.29, 1.82) is 0 Å². The number of aryl methyl sites for hydroxylation is 1. The zero-order valence-electron chi connectivity index (χ0n) is 10.3. The molecule has 0 radical (unpaired) electrons. The van der Waals surface area contributed by atoms with E-state index in [1.807, 2.05) is 0 Å². The molecule has 0 aliphatic rings. The molecule has 12 heteroatoms. The average molecular weight is 330 g/mol. The zero-order valence-corrected chi connectivity index (χ0v) is 12.1. The van der Waals surface area contributed by atoms with E-state index in [4.69, 9.17) is 24.3 Å². The van der Waals surface area contributed by atoms with Crippen molar-refractivity contribution in [3.63, 3.8) is 0 Å². The Balaban J connectivity index is 2.48. The van der Waals surface area contributed by atoms with Crippen molar-refractivity contribution in [3.05, 3.63) is 18.7 Å². The van der Waals surface area contributed by atoms with Crippen LogP contribution in [0.4, 0.5) is 0 Å². The Morgan fingerprint density at radius 1 is 1.20 bits per heavy atom.